The Morgan fingerprint density at radius 1 is 1.05 bits per heavy atom. The van der Waals surface area contributed by atoms with E-state index in [0.29, 0.717) is 23.1 Å². The summed E-state index contributed by atoms with van der Waals surface area (Å²) in [6.45, 7) is 1.98. The topological polar surface area (TPSA) is 40.5 Å². The zero-order chi connectivity index (χ0) is 14.5. The van der Waals surface area contributed by atoms with E-state index in [1.165, 1.54) is 6.07 Å². The number of phenols is 2. The summed E-state index contributed by atoms with van der Waals surface area (Å²) in [5.74, 6) is -0.167. The number of benzene rings is 2. The smallest absolute Gasteiger partial charge is 0.130 e. The molecule has 0 aromatic heterocycles. The van der Waals surface area contributed by atoms with Gasteiger partial charge < -0.3 is 10.2 Å². The van der Waals surface area contributed by atoms with Crippen molar-refractivity contribution in [2.24, 2.45) is 0 Å². The Balaban J connectivity index is 2.29. The van der Waals surface area contributed by atoms with E-state index in [0.717, 1.165) is 6.42 Å². The van der Waals surface area contributed by atoms with Gasteiger partial charge in [-0.15, -0.1) is 0 Å². The fourth-order valence-corrected chi connectivity index (χ4v) is 2.06. The minimum Gasteiger partial charge on any atom is -0.508 e. The van der Waals surface area contributed by atoms with Crippen LogP contribution >= 0.6 is 0 Å². The van der Waals surface area contributed by atoms with Gasteiger partial charge in [0.2, 0.25) is 0 Å². The molecule has 0 heterocycles. The number of aromatic hydroxyl groups is 2. The third-order valence-corrected chi connectivity index (χ3v) is 3.09. The lowest BCUT2D eigenvalue weighted by molar-refractivity contribution is 0.437. The van der Waals surface area contributed by atoms with Crippen LogP contribution in [0.25, 0.3) is 12.2 Å². The van der Waals surface area contributed by atoms with Crippen molar-refractivity contribution in [1.82, 2.24) is 0 Å². The molecule has 0 aliphatic carbocycles. The lowest BCUT2D eigenvalue weighted by Gasteiger charge is -2.07. The van der Waals surface area contributed by atoms with Crippen LogP contribution < -0.4 is 0 Å². The molecule has 20 heavy (non-hydrogen) atoms. The molecule has 2 nitrogen and oxygen atoms in total. The van der Waals surface area contributed by atoms with Crippen molar-refractivity contribution in [2.45, 2.75) is 19.8 Å². The maximum absolute atomic E-state index is 13.5. The first kappa shape index (κ1) is 14.1. The van der Waals surface area contributed by atoms with Crippen LogP contribution in [0, 0.1) is 5.82 Å². The molecule has 2 aromatic carbocycles. The van der Waals surface area contributed by atoms with E-state index in [9.17, 15) is 14.6 Å². The molecule has 0 saturated carbocycles. The Labute approximate surface area is 117 Å². The van der Waals surface area contributed by atoms with Crippen LogP contribution in [0.4, 0.5) is 4.39 Å². The highest BCUT2D eigenvalue weighted by molar-refractivity contribution is 5.71. The molecule has 0 unspecified atom stereocenters. The molecule has 0 atom stereocenters. The van der Waals surface area contributed by atoms with Gasteiger partial charge in [-0.05, 0) is 30.2 Å². The predicted molar refractivity (Wildman–Crippen MR) is 79.1 cm³/mol. The molecule has 0 aliphatic heterocycles. The number of phenolic OH excluding ortho intramolecular Hbond substituents is 2. The standard InChI is InChI=1S/C17H17FO2/c1-2-5-14-16(19)10-12(11-17(14)20)8-9-13-6-3-4-7-15(13)18/h3-4,6-11,19-20H,2,5H2,1H3/b9-8+. The maximum atomic E-state index is 13.5. The van der Waals surface area contributed by atoms with E-state index in [1.807, 2.05) is 6.92 Å². The molecule has 0 fully saturated rings. The van der Waals surface area contributed by atoms with E-state index in [-0.39, 0.29) is 17.3 Å². The molecule has 3 heteroatoms. The first-order valence-corrected chi connectivity index (χ1v) is 6.59. The molecule has 0 bridgehead atoms. The predicted octanol–water partition coefficient (Wildman–Crippen LogP) is 4.36. The summed E-state index contributed by atoms with van der Waals surface area (Å²) in [4.78, 5) is 0. The van der Waals surface area contributed by atoms with Gasteiger partial charge in [-0.1, -0.05) is 43.7 Å². The summed E-state index contributed by atoms with van der Waals surface area (Å²) < 4.78 is 13.5. The first-order chi connectivity index (χ1) is 9.61. The molecule has 104 valence electrons. The van der Waals surface area contributed by atoms with Crippen LogP contribution in [-0.4, -0.2) is 10.2 Å². The molecule has 2 N–H and O–H groups in total. The zero-order valence-corrected chi connectivity index (χ0v) is 11.3. The molecule has 0 radical (unpaired) electrons. The van der Waals surface area contributed by atoms with Gasteiger partial charge in [0, 0.05) is 11.1 Å². The van der Waals surface area contributed by atoms with E-state index in [4.69, 9.17) is 0 Å². The SMILES string of the molecule is CCCc1c(O)cc(/C=C/c2ccccc2F)cc1O. The monoisotopic (exact) mass is 272 g/mol. The van der Waals surface area contributed by atoms with Crippen molar-refractivity contribution in [2.75, 3.05) is 0 Å². The van der Waals surface area contributed by atoms with Crippen LogP contribution in [0.2, 0.25) is 0 Å². The van der Waals surface area contributed by atoms with E-state index in [1.54, 1.807) is 42.5 Å². The Morgan fingerprint density at radius 3 is 2.30 bits per heavy atom. The Bertz CT molecular complexity index is 610. The molecule has 0 aliphatic rings. The van der Waals surface area contributed by atoms with E-state index >= 15 is 0 Å². The second kappa shape index (κ2) is 6.24. The highest BCUT2D eigenvalue weighted by Crippen LogP contribution is 2.30. The molecule has 2 aromatic rings. The van der Waals surface area contributed by atoms with Crippen molar-refractivity contribution >= 4 is 12.2 Å². The molecule has 0 amide bonds. The number of rotatable bonds is 4. The second-order valence-electron chi connectivity index (χ2n) is 4.64. The Kier molecular flexibility index (Phi) is 4.41. The lowest BCUT2D eigenvalue weighted by atomic mass is 10.0. The summed E-state index contributed by atoms with van der Waals surface area (Å²) in [5.41, 5.74) is 1.64. The largest absolute Gasteiger partial charge is 0.508 e. The lowest BCUT2D eigenvalue weighted by Crippen LogP contribution is -1.87. The third-order valence-electron chi connectivity index (χ3n) is 3.09. The fraction of sp³-hybridized carbons (Fsp3) is 0.176. The first-order valence-electron chi connectivity index (χ1n) is 6.59. The van der Waals surface area contributed by atoms with Crippen LogP contribution in [0.3, 0.4) is 0 Å². The number of halogens is 1. The zero-order valence-electron chi connectivity index (χ0n) is 11.3. The van der Waals surface area contributed by atoms with Gasteiger partial charge in [-0.3, -0.25) is 0 Å². The van der Waals surface area contributed by atoms with Crippen molar-refractivity contribution in [3.63, 3.8) is 0 Å². The highest BCUT2D eigenvalue weighted by atomic mass is 19.1. The van der Waals surface area contributed by atoms with Crippen molar-refractivity contribution in [1.29, 1.82) is 0 Å². The molecular weight excluding hydrogens is 255 g/mol. The van der Waals surface area contributed by atoms with E-state index in [2.05, 4.69) is 0 Å². The Hall–Kier alpha value is -2.29. The normalized spacial score (nSPS) is 11.1. The summed E-state index contributed by atoms with van der Waals surface area (Å²) in [6, 6.07) is 9.58. The summed E-state index contributed by atoms with van der Waals surface area (Å²) in [7, 11) is 0. The quantitative estimate of drug-likeness (QED) is 0.812. The van der Waals surface area contributed by atoms with Gasteiger partial charge in [0.1, 0.15) is 17.3 Å². The minimum atomic E-state index is -0.306. The van der Waals surface area contributed by atoms with Gasteiger partial charge >= 0.3 is 0 Å². The fourth-order valence-electron chi connectivity index (χ4n) is 2.06. The van der Waals surface area contributed by atoms with Gasteiger partial charge in [0.25, 0.3) is 0 Å². The Morgan fingerprint density at radius 2 is 1.70 bits per heavy atom. The van der Waals surface area contributed by atoms with Gasteiger partial charge in [0.15, 0.2) is 0 Å². The van der Waals surface area contributed by atoms with Crippen LogP contribution in [-0.2, 0) is 6.42 Å². The van der Waals surface area contributed by atoms with Crippen molar-refractivity contribution in [3.8, 4) is 11.5 Å². The highest BCUT2D eigenvalue weighted by Gasteiger charge is 2.07. The van der Waals surface area contributed by atoms with Crippen LogP contribution in [0.5, 0.6) is 11.5 Å². The summed E-state index contributed by atoms with van der Waals surface area (Å²) in [5, 5.41) is 19.8. The van der Waals surface area contributed by atoms with Gasteiger partial charge in [0.05, 0.1) is 0 Å². The third kappa shape index (κ3) is 3.18. The van der Waals surface area contributed by atoms with Crippen molar-refractivity contribution in [3.05, 3.63) is 58.9 Å². The summed E-state index contributed by atoms with van der Waals surface area (Å²) >= 11 is 0. The average molecular weight is 272 g/mol. The van der Waals surface area contributed by atoms with Crippen LogP contribution in [0.15, 0.2) is 36.4 Å². The molecular formula is C17H17FO2. The van der Waals surface area contributed by atoms with Crippen LogP contribution in [0.1, 0.15) is 30.0 Å². The van der Waals surface area contributed by atoms with E-state index < -0.39 is 0 Å². The minimum absolute atomic E-state index is 0.0695. The number of hydrogen-bond donors (Lipinski definition) is 2. The van der Waals surface area contributed by atoms with Gasteiger partial charge in [-0.2, -0.15) is 0 Å². The van der Waals surface area contributed by atoms with Crippen molar-refractivity contribution < 1.29 is 14.6 Å². The average Bonchev–Trinajstić information content (AvgIpc) is 2.42. The molecule has 0 spiro atoms. The molecule has 0 saturated heterocycles. The van der Waals surface area contributed by atoms with Gasteiger partial charge in [-0.25, -0.2) is 4.39 Å². The maximum Gasteiger partial charge on any atom is 0.130 e. The molecule has 2 rings (SSSR count). The number of hydrogen-bond acceptors (Lipinski definition) is 2. The summed E-state index contributed by atoms with van der Waals surface area (Å²) in [6.07, 6.45) is 4.73. The second-order valence-corrected chi connectivity index (χ2v) is 4.64.